The summed E-state index contributed by atoms with van der Waals surface area (Å²) in [5.41, 5.74) is 0.00972. The van der Waals surface area contributed by atoms with Crippen molar-refractivity contribution >= 4 is 11.8 Å². The molecule has 1 saturated heterocycles. The highest BCUT2D eigenvalue weighted by atomic mass is 19.1. The fourth-order valence-electron chi connectivity index (χ4n) is 2.47. The summed E-state index contributed by atoms with van der Waals surface area (Å²) in [6, 6.07) is 3.01. The van der Waals surface area contributed by atoms with Crippen molar-refractivity contribution in [3.63, 3.8) is 0 Å². The molecule has 0 spiro atoms. The number of hydrogen-bond donors (Lipinski definition) is 1. The topological polar surface area (TPSA) is 58.6 Å². The standard InChI is InChI=1S/C16H20F2N2O3/c1-20(2)16(22)14-6-4-12(23-14)9-19-15(21)8-10-7-11(17)3-5-13(10)18/h3,5,7,12,14H,4,6,8-9H2,1-2H3,(H,19,21)/t12-,14+/m1/s1. The van der Waals surface area contributed by atoms with E-state index in [-0.39, 0.29) is 30.5 Å². The first-order valence-electron chi connectivity index (χ1n) is 7.44. The van der Waals surface area contributed by atoms with Crippen LogP contribution < -0.4 is 5.32 Å². The van der Waals surface area contributed by atoms with Gasteiger partial charge in [-0.05, 0) is 31.0 Å². The molecule has 126 valence electrons. The Morgan fingerprint density at radius 1 is 1.30 bits per heavy atom. The van der Waals surface area contributed by atoms with E-state index in [2.05, 4.69) is 5.32 Å². The Bertz CT molecular complexity index is 593. The molecule has 5 nitrogen and oxygen atoms in total. The Morgan fingerprint density at radius 3 is 2.74 bits per heavy atom. The Morgan fingerprint density at radius 2 is 2.04 bits per heavy atom. The second kappa shape index (κ2) is 7.50. The molecule has 0 radical (unpaired) electrons. The van der Waals surface area contributed by atoms with Gasteiger partial charge in [0.05, 0.1) is 12.5 Å². The lowest BCUT2D eigenvalue weighted by Gasteiger charge is -2.17. The molecular formula is C16H20F2N2O3. The molecule has 1 N–H and O–H groups in total. The van der Waals surface area contributed by atoms with Crippen molar-refractivity contribution in [1.82, 2.24) is 10.2 Å². The minimum absolute atomic E-state index is 0.00972. The van der Waals surface area contributed by atoms with Gasteiger partial charge in [0.2, 0.25) is 5.91 Å². The van der Waals surface area contributed by atoms with Crippen molar-refractivity contribution in [3.05, 3.63) is 35.4 Å². The third kappa shape index (κ3) is 4.72. The summed E-state index contributed by atoms with van der Waals surface area (Å²) in [4.78, 5) is 25.1. The Balaban J connectivity index is 1.79. The number of amides is 2. The number of halogens is 2. The molecule has 0 bridgehead atoms. The second-order valence-electron chi connectivity index (χ2n) is 5.77. The first kappa shape index (κ1) is 17.3. The summed E-state index contributed by atoms with van der Waals surface area (Å²) >= 11 is 0. The maximum absolute atomic E-state index is 13.5. The monoisotopic (exact) mass is 326 g/mol. The maximum atomic E-state index is 13.5. The van der Waals surface area contributed by atoms with Crippen molar-refractivity contribution in [3.8, 4) is 0 Å². The van der Waals surface area contributed by atoms with Crippen LogP contribution in [0, 0.1) is 11.6 Å². The molecule has 7 heteroatoms. The van der Waals surface area contributed by atoms with E-state index >= 15 is 0 Å². The van der Waals surface area contributed by atoms with Crippen LogP contribution in [0.2, 0.25) is 0 Å². The fourth-order valence-corrected chi connectivity index (χ4v) is 2.47. The van der Waals surface area contributed by atoms with E-state index in [1.807, 2.05) is 0 Å². The van der Waals surface area contributed by atoms with E-state index in [9.17, 15) is 18.4 Å². The number of ether oxygens (including phenoxy) is 1. The van der Waals surface area contributed by atoms with Crippen LogP contribution in [0.15, 0.2) is 18.2 Å². The predicted molar refractivity (Wildman–Crippen MR) is 79.7 cm³/mol. The Labute approximate surface area is 133 Å². The summed E-state index contributed by atoms with van der Waals surface area (Å²) in [7, 11) is 3.32. The van der Waals surface area contributed by atoms with Crippen molar-refractivity contribution in [1.29, 1.82) is 0 Å². The van der Waals surface area contributed by atoms with Crippen LogP contribution in [-0.4, -0.2) is 49.6 Å². The first-order chi connectivity index (χ1) is 10.9. The van der Waals surface area contributed by atoms with Crippen LogP contribution in [0.1, 0.15) is 18.4 Å². The molecule has 2 amide bonds. The average molecular weight is 326 g/mol. The number of nitrogens with one attached hydrogen (secondary N) is 1. The van der Waals surface area contributed by atoms with Crippen LogP contribution in [0.4, 0.5) is 8.78 Å². The number of rotatable bonds is 5. The minimum Gasteiger partial charge on any atom is -0.363 e. The molecular weight excluding hydrogens is 306 g/mol. The molecule has 1 fully saturated rings. The molecule has 1 aliphatic rings. The predicted octanol–water partition coefficient (Wildman–Crippen LogP) is 1.26. The third-order valence-electron chi connectivity index (χ3n) is 3.71. The number of nitrogens with zero attached hydrogens (tertiary/aromatic N) is 1. The summed E-state index contributed by atoms with van der Waals surface area (Å²) in [5, 5.41) is 2.63. The quantitative estimate of drug-likeness (QED) is 0.886. The molecule has 23 heavy (non-hydrogen) atoms. The largest absolute Gasteiger partial charge is 0.363 e. The van der Waals surface area contributed by atoms with Crippen LogP contribution in [0.3, 0.4) is 0 Å². The van der Waals surface area contributed by atoms with Crippen LogP contribution in [0.25, 0.3) is 0 Å². The molecule has 2 rings (SSSR count). The second-order valence-corrected chi connectivity index (χ2v) is 5.77. The van der Waals surface area contributed by atoms with Gasteiger partial charge >= 0.3 is 0 Å². The van der Waals surface area contributed by atoms with Gasteiger partial charge in [-0.2, -0.15) is 0 Å². The molecule has 0 aromatic heterocycles. The van der Waals surface area contributed by atoms with Gasteiger partial charge in [-0.15, -0.1) is 0 Å². The van der Waals surface area contributed by atoms with Crippen molar-refractivity contribution in [2.24, 2.45) is 0 Å². The van der Waals surface area contributed by atoms with Crippen molar-refractivity contribution in [2.75, 3.05) is 20.6 Å². The smallest absolute Gasteiger partial charge is 0.251 e. The van der Waals surface area contributed by atoms with E-state index in [1.165, 1.54) is 4.90 Å². The summed E-state index contributed by atoms with van der Waals surface area (Å²) < 4.78 is 32.1. The van der Waals surface area contributed by atoms with Gasteiger partial charge in [0.15, 0.2) is 0 Å². The SMILES string of the molecule is CN(C)C(=O)[C@@H]1CC[C@H](CNC(=O)Cc2cc(F)ccc2F)O1. The van der Waals surface area contributed by atoms with Gasteiger partial charge < -0.3 is 15.0 Å². The van der Waals surface area contributed by atoms with E-state index in [4.69, 9.17) is 4.74 Å². The van der Waals surface area contributed by atoms with Crippen LogP contribution >= 0.6 is 0 Å². The highest BCUT2D eigenvalue weighted by Gasteiger charge is 2.31. The van der Waals surface area contributed by atoms with Gasteiger partial charge in [0.1, 0.15) is 17.7 Å². The normalized spacial score (nSPS) is 20.3. The van der Waals surface area contributed by atoms with E-state index in [1.54, 1.807) is 14.1 Å². The molecule has 1 aliphatic heterocycles. The van der Waals surface area contributed by atoms with Gasteiger partial charge in [-0.25, -0.2) is 8.78 Å². The first-order valence-corrected chi connectivity index (χ1v) is 7.44. The number of hydrogen-bond acceptors (Lipinski definition) is 3. The summed E-state index contributed by atoms with van der Waals surface area (Å²) in [6.07, 6.45) is 0.309. The van der Waals surface area contributed by atoms with E-state index in [0.29, 0.717) is 12.8 Å². The maximum Gasteiger partial charge on any atom is 0.251 e. The van der Waals surface area contributed by atoms with Crippen LogP contribution in [0.5, 0.6) is 0 Å². The zero-order valence-corrected chi connectivity index (χ0v) is 13.1. The Hall–Kier alpha value is -2.02. The van der Waals surface area contributed by atoms with Crippen molar-refractivity contribution in [2.45, 2.75) is 31.5 Å². The molecule has 2 atom stereocenters. The average Bonchev–Trinajstić information content (AvgIpc) is 2.97. The highest BCUT2D eigenvalue weighted by Crippen LogP contribution is 2.20. The number of benzene rings is 1. The summed E-state index contributed by atoms with van der Waals surface area (Å²) in [5.74, 6) is -1.71. The van der Waals surface area contributed by atoms with Crippen LogP contribution in [-0.2, 0) is 20.7 Å². The molecule has 1 aromatic carbocycles. The number of likely N-dealkylation sites (N-methyl/N-ethyl adjacent to an activating group) is 1. The third-order valence-corrected chi connectivity index (χ3v) is 3.71. The van der Waals surface area contributed by atoms with E-state index in [0.717, 1.165) is 18.2 Å². The molecule has 0 unspecified atom stereocenters. The van der Waals surface area contributed by atoms with Gasteiger partial charge in [0, 0.05) is 26.2 Å². The van der Waals surface area contributed by atoms with E-state index < -0.39 is 23.6 Å². The Kier molecular flexibility index (Phi) is 5.65. The summed E-state index contributed by atoms with van der Waals surface area (Å²) in [6.45, 7) is 0.243. The molecule has 1 heterocycles. The molecule has 0 saturated carbocycles. The number of carbonyl (C=O) groups excluding carboxylic acids is 2. The van der Waals surface area contributed by atoms with Gasteiger partial charge in [-0.3, -0.25) is 9.59 Å². The van der Waals surface area contributed by atoms with Gasteiger partial charge in [0.25, 0.3) is 5.91 Å². The fraction of sp³-hybridized carbons (Fsp3) is 0.500. The lowest BCUT2D eigenvalue weighted by molar-refractivity contribution is -0.140. The zero-order valence-electron chi connectivity index (χ0n) is 13.1. The minimum atomic E-state index is -0.615. The molecule has 0 aliphatic carbocycles. The van der Waals surface area contributed by atoms with Crippen molar-refractivity contribution < 1.29 is 23.1 Å². The number of carbonyl (C=O) groups is 2. The zero-order chi connectivity index (χ0) is 17.0. The lowest BCUT2D eigenvalue weighted by Crippen LogP contribution is -2.36. The molecule has 1 aromatic rings. The van der Waals surface area contributed by atoms with Gasteiger partial charge in [-0.1, -0.05) is 0 Å². The lowest BCUT2D eigenvalue weighted by atomic mass is 10.1. The highest BCUT2D eigenvalue weighted by molar-refractivity contribution is 5.80.